The molecule has 7 heteroatoms. The minimum Gasteiger partial charge on any atom is -0.464 e. The Labute approximate surface area is 271 Å². The molecule has 0 heterocycles. The predicted octanol–water partition coefficient (Wildman–Crippen LogP) is 10.7. The van der Waals surface area contributed by atoms with Crippen molar-refractivity contribution in [3.8, 4) is 0 Å². The summed E-state index contributed by atoms with van der Waals surface area (Å²) in [4.78, 5) is 38.6. The molecule has 44 heavy (non-hydrogen) atoms. The molecule has 0 aromatic rings. The van der Waals surface area contributed by atoms with Crippen LogP contribution in [0.1, 0.15) is 189 Å². The Hall–Kier alpha value is -1.79. The molecule has 0 fully saturated rings. The Balaban J connectivity index is 4.07. The number of amides is 1. The van der Waals surface area contributed by atoms with Crippen molar-refractivity contribution >= 4 is 18.0 Å². The van der Waals surface area contributed by atoms with Gasteiger partial charge in [-0.2, -0.15) is 0 Å². The van der Waals surface area contributed by atoms with Gasteiger partial charge in [0, 0.05) is 12.8 Å². The number of carbonyl (C=O) groups is 3. The lowest BCUT2D eigenvalue weighted by atomic mass is 10.1. The topological polar surface area (TPSA) is 82.1 Å². The Kier molecular flexibility index (Phi) is 28.7. The van der Waals surface area contributed by atoms with Crippen LogP contribution in [-0.2, 0) is 23.8 Å². The maximum absolute atomic E-state index is 12.7. The molecule has 0 bridgehead atoms. The molecule has 1 amide bonds. The second-order valence-electron chi connectivity index (χ2n) is 13.5. The van der Waals surface area contributed by atoms with Crippen LogP contribution in [0, 0.1) is 0 Å². The van der Waals surface area contributed by atoms with Gasteiger partial charge in [0.2, 0.25) is 0 Å². The van der Waals surface area contributed by atoms with Crippen molar-refractivity contribution < 1.29 is 28.6 Å². The summed E-state index contributed by atoms with van der Waals surface area (Å²) in [6.45, 7) is 10.5. The molecule has 7 nitrogen and oxygen atoms in total. The van der Waals surface area contributed by atoms with Gasteiger partial charge in [-0.05, 0) is 33.6 Å². The largest absolute Gasteiger partial charge is 0.464 e. The third kappa shape index (κ3) is 30.2. The second kappa shape index (κ2) is 29.9. The number of ether oxygens (including phenoxy) is 3. The molecule has 0 rings (SSSR count). The molecule has 0 unspecified atom stereocenters. The third-order valence-electron chi connectivity index (χ3n) is 7.87. The fraction of sp³-hybridized carbons (Fsp3) is 0.919. The molecule has 0 saturated carbocycles. The summed E-state index contributed by atoms with van der Waals surface area (Å²) >= 11 is 0. The Morgan fingerprint density at radius 3 is 1.07 bits per heavy atom. The first-order chi connectivity index (χ1) is 21.2. The Morgan fingerprint density at radius 2 is 0.773 bits per heavy atom. The van der Waals surface area contributed by atoms with Gasteiger partial charge in [-0.25, -0.2) is 4.79 Å². The molecule has 0 aliphatic heterocycles. The van der Waals surface area contributed by atoms with Crippen LogP contribution in [0.3, 0.4) is 0 Å². The van der Waals surface area contributed by atoms with Gasteiger partial charge in [0.15, 0.2) is 0 Å². The minimum absolute atomic E-state index is 0.1000. The smallest absolute Gasteiger partial charge is 0.410 e. The van der Waals surface area contributed by atoms with E-state index >= 15 is 0 Å². The molecule has 0 aromatic carbocycles. The van der Waals surface area contributed by atoms with E-state index in [2.05, 4.69) is 13.8 Å². The first kappa shape index (κ1) is 42.2. The highest BCUT2D eigenvalue weighted by molar-refractivity contribution is 5.70. The summed E-state index contributed by atoms with van der Waals surface area (Å²) in [5, 5.41) is 0. The van der Waals surface area contributed by atoms with Crippen LogP contribution in [0.15, 0.2) is 0 Å². The van der Waals surface area contributed by atoms with Crippen molar-refractivity contribution in [2.75, 3.05) is 26.3 Å². The highest BCUT2D eigenvalue weighted by Gasteiger charge is 2.22. The number of nitrogens with zero attached hydrogens (tertiary/aromatic N) is 1. The molecule has 0 N–H and O–H groups in total. The summed E-state index contributed by atoms with van der Waals surface area (Å²) in [5.74, 6) is -0.466. The fourth-order valence-corrected chi connectivity index (χ4v) is 5.17. The zero-order valence-corrected chi connectivity index (χ0v) is 29.7. The van der Waals surface area contributed by atoms with Crippen LogP contribution in [-0.4, -0.2) is 54.8 Å². The number of carbonyl (C=O) groups excluding carboxylic acids is 3. The van der Waals surface area contributed by atoms with E-state index < -0.39 is 11.7 Å². The molecule has 0 aromatic heterocycles. The fourth-order valence-electron chi connectivity index (χ4n) is 5.17. The average molecular weight is 626 g/mol. The van der Waals surface area contributed by atoms with Gasteiger partial charge < -0.3 is 19.1 Å². The van der Waals surface area contributed by atoms with E-state index in [0.29, 0.717) is 12.8 Å². The lowest BCUT2D eigenvalue weighted by Gasteiger charge is -2.27. The van der Waals surface area contributed by atoms with Crippen LogP contribution >= 0.6 is 0 Å². The highest BCUT2D eigenvalue weighted by Crippen LogP contribution is 2.14. The lowest BCUT2D eigenvalue weighted by molar-refractivity contribution is -0.144. The second-order valence-corrected chi connectivity index (χ2v) is 13.5. The molecule has 0 saturated heterocycles. The molecule has 0 aliphatic rings. The molecule has 0 radical (unpaired) electrons. The maximum Gasteiger partial charge on any atom is 0.410 e. The molecule has 0 atom stereocenters. The number of esters is 2. The van der Waals surface area contributed by atoms with Gasteiger partial charge in [-0.3, -0.25) is 9.59 Å². The van der Waals surface area contributed by atoms with Crippen molar-refractivity contribution in [1.82, 2.24) is 4.90 Å². The van der Waals surface area contributed by atoms with E-state index in [0.717, 1.165) is 38.5 Å². The van der Waals surface area contributed by atoms with E-state index in [-0.39, 0.29) is 38.2 Å². The summed E-state index contributed by atoms with van der Waals surface area (Å²) in [6, 6.07) is 0. The van der Waals surface area contributed by atoms with Crippen LogP contribution < -0.4 is 0 Å². The van der Waals surface area contributed by atoms with Crippen molar-refractivity contribution in [2.24, 2.45) is 0 Å². The molecule has 260 valence electrons. The van der Waals surface area contributed by atoms with Crippen molar-refractivity contribution in [1.29, 1.82) is 0 Å². The van der Waals surface area contributed by atoms with E-state index in [1.165, 1.54) is 108 Å². The van der Waals surface area contributed by atoms with Crippen molar-refractivity contribution in [3.05, 3.63) is 0 Å². The Morgan fingerprint density at radius 1 is 0.477 bits per heavy atom. The van der Waals surface area contributed by atoms with Gasteiger partial charge in [-0.15, -0.1) is 0 Å². The van der Waals surface area contributed by atoms with Gasteiger partial charge >= 0.3 is 18.0 Å². The van der Waals surface area contributed by atoms with Gasteiger partial charge in [0.05, 0.1) is 13.1 Å². The number of hydrogen-bond acceptors (Lipinski definition) is 6. The minimum atomic E-state index is -0.646. The quantitative estimate of drug-likeness (QED) is 0.0449. The molecule has 0 aliphatic carbocycles. The van der Waals surface area contributed by atoms with Crippen LogP contribution in [0.5, 0.6) is 0 Å². The maximum atomic E-state index is 12.7. The van der Waals surface area contributed by atoms with E-state index in [9.17, 15) is 14.4 Å². The zero-order chi connectivity index (χ0) is 32.7. The first-order valence-corrected chi connectivity index (χ1v) is 18.5. The lowest BCUT2D eigenvalue weighted by Crippen LogP contribution is -2.41. The first-order valence-electron chi connectivity index (χ1n) is 18.5. The van der Waals surface area contributed by atoms with Crippen molar-refractivity contribution in [3.63, 3.8) is 0 Å². The zero-order valence-electron chi connectivity index (χ0n) is 29.7. The van der Waals surface area contributed by atoms with Gasteiger partial charge in [0.25, 0.3) is 0 Å². The SMILES string of the molecule is CCCCCCCCCCCCCC(=O)OCCN(CCOC(=O)CCCCCCCCCCCCC)C(=O)OC(C)(C)C. The van der Waals surface area contributed by atoms with Crippen LogP contribution in [0.25, 0.3) is 0 Å². The summed E-state index contributed by atoms with van der Waals surface area (Å²) in [6.07, 6.45) is 27.5. The van der Waals surface area contributed by atoms with Crippen LogP contribution in [0.2, 0.25) is 0 Å². The number of hydrogen-bond donors (Lipinski definition) is 0. The van der Waals surface area contributed by atoms with Crippen LogP contribution in [0.4, 0.5) is 4.79 Å². The summed E-state index contributed by atoms with van der Waals surface area (Å²) in [7, 11) is 0. The molecular weight excluding hydrogens is 554 g/mol. The summed E-state index contributed by atoms with van der Waals surface area (Å²) in [5.41, 5.74) is -0.646. The van der Waals surface area contributed by atoms with Gasteiger partial charge in [-0.1, -0.05) is 142 Å². The normalized spacial score (nSPS) is 11.4. The summed E-state index contributed by atoms with van der Waals surface area (Å²) < 4.78 is 16.3. The molecular formula is C37H71NO6. The standard InChI is InChI=1S/C37H71NO6/c1-6-8-10-12-14-16-18-20-22-24-26-28-34(39)42-32-30-38(36(41)44-37(3,4)5)31-33-43-35(40)29-27-25-23-21-19-17-15-13-11-9-7-2/h6-33H2,1-5H3. The Bertz CT molecular complexity index is 646. The van der Waals surface area contributed by atoms with E-state index in [4.69, 9.17) is 14.2 Å². The van der Waals surface area contributed by atoms with E-state index in [1.807, 2.05) is 20.8 Å². The molecule has 0 spiro atoms. The highest BCUT2D eigenvalue weighted by atomic mass is 16.6. The third-order valence-corrected chi connectivity index (χ3v) is 7.87. The average Bonchev–Trinajstić information content (AvgIpc) is 2.97. The van der Waals surface area contributed by atoms with E-state index in [1.54, 1.807) is 0 Å². The number of unbranched alkanes of at least 4 members (excludes halogenated alkanes) is 20. The number of rotatable bonds is 30. The predicted molar refractivity (Wildman–Crippen MR) is 182 cm³/mol. The van der Waals surface area contributed by atoms with Gasteiger partial charge in [0.1, 0.15) is 18.8 Å². The monoisotopic (exact) mass is 626 g/mol. The van der Waals surface area contributed by atoms with Crippen molar-refractivity contribution in [2.45, 2.75) is 194 Å².